The molecule has 0 saturated heterocycles. The number of rotatable bonds is 5. The van der Waals surface area contributed by atoms with E-state index in [0.29, 0.717) is 24.5 Å². The fourth-order valence-electron chi connectivity index (χ4n) is 1.35. The van der Waals surface area contributed by atoms with Crippen molar-refractivity contribution in [2.45, 2.75) is 20.3 Å². The summed E-state index contributed by atoms with van der Waals surface area (Å²) in [6.45, 7) is 4.35. The second-order valence-electron chi connectivity index (χ2n) is 3.17. The lowest BCUT2D eigenvalue weighted by atomic mass is 10.1. The molecule has 1 aromatic carbocycles. The lowest BCUT2D eigenvalue weighted by Crippen LogP contribution is -2.09. The van der Waals surface area contributed by atoms with Gasteiger partial charge in [-0.1, -0.05) is 0 Å². The zero-order valence-corrected chi connectivity index (χ0v) is 9.46. The van der Waals surface area contributed by atoms with Gasteiger partial charge in [-0.05, 0) is 32.0 Å². The van der Waals surface area contributed by atoms with Crippen LogP contribution < -0.4 is 4.74 Å². The molecule has 88 valence electrons. The molecule has 0 aliphatic heterocycles. The Labute approximate surface area is 94.2 Å². The summed E-state index contributed by atoms with van der Waals surface area (Å²) in [5.74, 6) is -0.242. The number of benzene rings is 1. The van der Waals surface area contributed by atoms with E-state index >= 15 is 0 Å². The first kappa shape index (κ1) is 12.5. The third kappa shape index (κ3) is 3.53. The van der Waals surface area contributed by atoms with Crippen LogP contribution in [0.25, 0.3) is 0 Å². The monoisotopic (exact) mass is 226 g/mol. The van der Waals surface area contributed by atoms with Crippen molar-refractivity contribution in [3.8, 4) is 5.75 Å². The first-order valence-corrected chi connectivity index (χ1v) is 5.24. The molecule has 0 radical (unpaired) electrons. The zero-order chi connectivity index (χ0) is 12.0. The zero-order valence-electron chi connectivity index (χ0n) is 9.46. The number of halogens is 1. The fraction of sp³-hybridized carbons (Fsp3) is 0.417. The molecule has 0 aliphatic rings. The Bertz CT molecular complexity index is 363. The van der Waals surface area contributed by atoms with E-state index in [9.17, 15) is 9.18 Å². The van der Waals surface area contributed by atoms with Gasteiger partial charge in [-0.2, -0.15) is 0 Å². The Balaban J connectivity index is 2.82. The van der Waals surface area contributed by atoms with Gasteiger partial charge in [0.25, 0.3) is 0 Å². The highest BCUT2D eigenvalue weighted by atomic mass is 19.1. The van der Waals surface area contributed by atoms with E-state index in [1.165, 1.54) is 18.2 Å². The van der Waals surface area contributed by atoms with Crippen LogP contribution >= 0.6 is 0 Å². The molecule has 0 aliphatic carbocycles. The first-order valence-electron chi connectivity index (χ1n) is 5.24. The van der Waals surface area contributed by atoms with E-state index in [4.69, 9.17) is 9.47 Å². The maximum atomic E-state index is 13.0. The van der Waals surface area contributed by atoms with Crippen LogP contribution in [0.2, 0.25) is 0 Å². The van der Waals surface area contributed by atoms with Crippen molar-refractivity contribution >= 4 is 5.97 Å². The topological polar surface area (TPSA) is 35.5 Å². The standard InChI is InChI=1S/C12H15FO3/c1-3-15-11-6-5-10(13)7-9(11)8-12(14)16-4-2/h5-7H,3-4,8H2,1-2H3. The molecule has 0 N–H and O–H groups in total. The maximum absolute atomic E-state index is 13.0. The van der Waals surface area contributed by atoms with Gasteiger partial charge in [-0.15, -0.1) is 0 Å². The summed E-state index contributed by atoms with van der Waals surface area (Å²) in [5.41, 5.74) is 0.514. The predicted molar refractivity (Wildman–Crippen MR) is 57.9 cm³/mol. The van der Waals surface area contributed by atoms with Gasteiger partial charge in [0, 0.05) is 5.56 Å². The summed E-state index contributed by atoms with van der Waals surface area (Å²) in [4.78, 5) is 11.3. The molecule has 0 unspecified atom stereocenters. The third-order valence-corrected chi connectivity index (χ3v) is 1.96. The number of hydrogen-bond donors (Lipinski definition) is 0. The molecule has 3 nitrogen and oxygen atoms in total. The van der Waals surface area contributed by atoms with Crippen LogP contribution in [0.3, 0.4) is 0 Å². The quantitative estimate of drug-likeness (QED) is 0.723. The smallest absolute Gasteiger partial charge is 0.310 e. The molecule has 0 heterocycles. The molecular formula is C12H15FO3. The van der Waals surface area contributed by atoms with Gasteiger partial charge in [0.2, 0.25) is 0 Å². The van der Waals surface area contributed by atoms with Gasteiger partial charge in [0.05, 0.1) is 19.6 Å². The summed E-state index contributed by atoms with van der Waals surface area (Å²) in [6, 6.07) is 4.12. The number of ether oxygens (including phenoxy) is 2. The Morgan fingerprint density at radius 3 is 2.69 bits per heavy atom. The Hall–Kier alpha value is -1.58. The average Bonchev–Trinajstić information content (AvgIpc) is 2.22. The van der Waals surface area contributed by atoms with E-state index in [0.717, 1.165) is 0 Å². The molecule has 16 heavy (non-hydrogen) atoms. The summed E-state index contributed by atoms with van der Waals surface area (Å²) < 4.78 is 23.1. The molecule has 0 fully saturated rings. The molecular weight excluding hydrogens is 211 g/mol. The van der Waals surface area contributed by atoms with Crippen LogP contribution in [0, 0.1) is 5.82 Å². The highest BCUT2D eigenvalue weighted by Crippen LogP contribution is 2.20. The molecule has 0 bridgehead atoms. The molecule has 1 aromatic rings. The predicted octanol–water partition coefficient (Wildman–Crippen LogP) is 2.33. The lowest BCUT2D eigenvalue weighted by Gasteiger charge is -2.09. The van der Waals surface area contributed by atoms with Gasteiger partial charge in [0.15, 0.2) is 0 Å². The minimum Gasteiger partial charge on any atom is -0.494 e. The average molecular weight is 226 g/mol. The van der Waals surface area contributed by atoms with Crippen LogP contribution in [0.1, 0.15) is 19.4 Å². The molecule has 0 amide bonds. The van der Waals surface area contributed by atoms with E-state index < -0.39 is 0 Å². The highest BCUT2D eigenvalue weighted by Gasteiger charge is 2.10. The van der Waals surface area contributed by atoms with Gasteiger partial charge in [-0.25, -0.2) is 4.39 Å². The van der Waals surface area contributed by atoms with Crippen LogP contribution in [0.5, 0.6) is 5.75 Å². The van der Waals surface area contributed by atoms with Crippen LogP contribution in [0.15, 0.2) is 18.2 Å². The Morgan fingerprint density at radius 2 is 2.06 bits per heavy atom. The summed E-state index contributed by atoms with van der Waals surface area (Å²) in [5, 5.41) is 0. The van der Waals surface area contributed by atoms with Gasteiger partial charge >= 0.3 is 5.97 Å². The number of esters is 1. The van der Waals surface area contributed by atoms with Crippen molar-refractivity contribution in [3.05, 3.63) is 29.6 Å². The molecule has 0 spiro atoms. The van der Waals surface area contributed by atoms with E-state index in [1.807, 2.05) is 6.92 Å². The number of carbonyl (C=O) groups excluding carboxylic acids is 1. The fourth-order valence-corrected chi connectivity index (χ4v) is 1.35. The second kappa shape index (κ2) is 6.10. The van der Waals surface area contributed by atoms with Crippen molar-refractivity contribution in [2.24, 2.45) is 0 Å². The second-order valence-corrected chi connectivity index (χ2v) is 3.17. The van der Waals surface area contributed by atoms with Crippen molar-refractivity contribution in [1.29, 1.82) is 0 Å². The molecule has 0 aromatic heterocycles. The Morgan fingerprint density at radius 1 is 1.31 bits per heavy atom. The van der Waals surface area contributed by atoms with Gasteiger partial charge < -0.3 is 9.47 Å². The molecule has 4 heteroatoms. The SMILES string of the molecule is CCOC(=O)Cc1cc(F)ccc1OCC. The Kier molecular flexibility index (Phi) is 4.76. The van der Waals surface area contributed by atoms with Crippen molar-refractivity contribution < 1.29 is 18.7 Å². The summed E-state index contributed by atoms with van der Waals surface area (Å²) in [6.07, 6.45) is 0.0287. The minimum atomic E-state index is -0.386. The van der Waals surface area contributed by atoms with Crippen molar-refractivity contribution in [3.63, 3.8) is 0 Å². The first-order chi connectivity index (χ1) is 7.67. The van der Waals surface area contributed by atoms with Crippen molar-refractivity contribution in [1.82, 2.24) is 0 Å². The number of hydrogen-bond acceptors (Lipinski definition) is 3. The maximum Gasteiger partial charge on any atom is 0.310 e. The van der Waals surface area contributed by atoms with Gasteiger partial charge in [-0.3, -0.25) is 4.79 Å². The summed E-state index contributed by atoms with van der Waals surface area (Å²) in [7, 11) is 0. The van der Waals surface area contributed by atoms with E-state index in [1.54, 1.807) is 6.92 Å². The minimum absolute atomic E-state index is 0.0287. The third-order valence-electron chi connectivity index (χ3n) is 1.96. The van der Waals surface area contributed by atoms with Crippen molar-refractivity contribution in [2.75, 3.05) is 13.2 Å². The van der Waals surface area contributed by atoms with E-state index in [-0.39, 0.29) is 18.2 Å². The normalized spacial score (nSPS) is 9.94. The van der Waals surface area contributed by atoms with Crippen LogP contribution in [-0.4, -0.2) is 19.2 Å². The molecule has 0 atom stereocenters. The molecule has 0 saturated carbocycles. The largest absolute Gasteiger partial charge is 0.494 e. The van der Waals surface area contributed by atoms with Crippen LogP contribution in [-0.2, 0) is 16.0 Å². The summed E-state index contributed by atoms with van der Waals surface area (Å²) >= 11 is 0. The number of carbonyl (C=O) groups is 1. The highest BCUT2D eigenvalue weighted by molar-refractivity contribution is 5.73. The lowest BCUT2D eigenvalue weighted by molar-refractivity contribution is -0.142. The van der Waals surface area contributed by atoms with Gasteiger partial charge in [0.1, 0.15) is 11.6 Å². The van der Waals surface area contributed by atoms with E-state index in [2.05, 4.69) is 0 Å². The molecule has 1 rings (SSSR count). The van der Waals surface area contributed by atoms with Crippen LogP contribution in [0.4, 0.5) is 4.39 Å².